The number of carbonyl (C=O) groups excluding carboxylic acids is 1. The van der Waals surface area contributed by atoms with Gasteiger partial charge in [0.05, 0.1) is 24.1 Å². The standard InChI is InChI=1S/C18H18FN5O2S/c19-13-2-1-3-15-16(13)22-18(27-15)24(7-6-23-8-10-26-11-9-23)17(25)14-12-20-4-5-21-14/h1-5,12H,6-11H2. The summed E-state index contributed by atoms with van der Waals surface area (Å²) in [5.74, 6) is -0.689. The topological polar surface area (TPSA) is 71.5 Å². The molecule has 1 aliphatic rings. The molecular weight excluding hydrogens is 369 g/mol. The summed E-state index contributed by atoms with van der Waals surface area (Å²) >= 11 is 1.29. The van der Waals surface area contributed by atoms with Crippen molar-refractivity contribution in [1.82, 2.24) is 19.9 Å². The average molecular weight is 387 g/mol. The number of halogens is 1. The van der Waals surface area contributed by atoms with E-state index in [1.54, 1.807) is 17.0 Å². The number of aromatic nitrogens is 3. The van der Waals surface area contributed by atoms with Crippen molar-refractivity contribution in [3.05, 3.63) is 48.3 Å². The minimum absolute atomic E-state index is 0.235. The number of benzene rings is 1. The van der Waals surface area contributed by atoms with E-state index >= 15 is 0 Å². The number of hydrogen-bond acceptors (Lipinski definition) is 7. The monoisotopic (exact) mass is 387 g/mol. The van der Waals surface area contributed by atoms with Crippen LogP contribution in [0.25, 0.3) is 10.2 Å². The number of carbonyl (C=O) groups is 1. The Hall–Kier alpha value is -2.49. The van der Waals surface area contributed by atoms with Crippen LogP contribution in [0.3, 0.4) is 0 Å². The molecule has 7 nitrogen and oxygen atoms in total. The van der Waals surface area contributed by atoms with Crippen molar-refractivity contribution < 1.29 is 13.9 Å². The second-order valence-corrected chi connectivity index (χ2v) is 7.09. The van der Waals surface area contributed by atoms with Crippen molar-refractivity contribution in [3.63, 3.8) is 0 Å². The van der Waals surface area contributed by atoms with Crippen molar-refractivity contribution >= 4 is 32.6 Å². The van der Waals surface area contributed by atoms with Gasteiger partial charge in [-0.05, 0) is 12.1 Å². The van der Waals surface area contributed by atoms with E-state index in [2.05, 4.69) is 19.9 Å². The van der Waals surface area contributed by atoms with E-state index in [1.807, 2.05) is 0 Å². The van der Waals surface area contributed by atoms with Gasteiger partial charge in [0.25, 0.3) is 5.91 Å². The van der Waals surface area contributed by atoms with Crippen LogP contribution in [0.1, 0.15) is 10.5 Å². The zero-order valence-electron chi connectivity index (χ0n) is 14.5. The Balaban J connectivity index is 1.63. The summed E-state index contributed by atoms with van der Waals surface area (Å²) in [4.78, 5) is 29.3. The van der Waals surface area contributed by atoms with E-state index < -0.39 is 5.82 Å². The molecule has 1 saturated heterocycles. The first kappa shape index (κ1) is 17.9. The molecule has 0 bridgehead atoms. The van der Waals surface area contributed by atoms with Gasteiger partial charge < -0.3 is 4.74 Å². The smallest absolute Gasteiger partial charge is 0.280 e. The predicted octanol–water partition coefficient (Wildman–Crippen LogP) is 2.20. The molecule has 2 aromatic heterocycles. The number of para-hydroxylation sites is 1. The van der Waals surface area contributed by atoms with Gasteiger partial charge in [-0.1, -0.05) is 17.4 Å². The Morgan fingerprint density at radius 3 is 2.89 bits per heavy atom. The molecule has 1 fully saturated rings. The van der Waals surface area contributed by atoms with Crippen molar-refractivity contribution in [2.45, 2.75) is 0 Å². The molecule has 27 heavy (non-hydrogen) atoms. The predicted molar refractivity (Wildman–Crippen MR) is 101 cm³/mol. The van der Waals surface area contributed by atoms with Gasteiger partial charge in [-0.2, -0.15) is 0 Å². The maximum Gasteiger partial charge on any atom is 0.280 e. The van der Waals surface area contributed by atoms with Gasteiger partial charge in [0.2, 0.25) is 0 Å². The minimum Gasteiger partial charge on any atom is -0.379 e. The van der Waals surface area contributed by atoms with Crippen LogP contribution in [0, 0.1) is 5.82 Å². The molecule has 0 unspecified atom stereocenters. The van der Waals surface area contributed by atoms with Crippen molar-refractivity contribution in [2.24, 2.45) is 0 Å². The third-order valence-electron chi connectivity index (χ3n) is 4.36. The highest BCUT2D eigenvalue weighted by Gasteiger charge is 2.24. The van der Waals surface area contributed by atoms with Crippen LogP contribution < -0.4 is 4.90 Å². The fourth-order valence-electron chi connectivity index (χ4n) is 2.92. The maximum absolute atomic E-state index is 14.1. The van der Waals surface area contributed by atoms with Gasteiger partial charge in [-0.25, -0.2) is 14.4 Å². The Labute approximate surface area is 159 Å². The van der Waals surface area contributed by atoms with Gasteiger partial charge in [0.15, 0.2) is 5.13 Å². The first-order valence-electron chi connectivity index (χ1n) is 8.65. The lowest BCUT2D eigenvalue weighted by molar-refractivity contribution is 0.0391. The Morgan fingerprint density at radius 2 is 2.15 bits per heavy atom. The third kappa shape index (κ3) is 3.95. The Bertz CT molecular complexity index is 930. The van der Waals surface area contributed by atoms with E-state index in [0.717, 1.165) is 13.1 Å². The molecule has 1 aliphatic heterocycles. The zero-order valence-corrected chi connectivity index (χ0v) is 15.4. The minimum atomic E-state index is -0.393. The van der Waals surface area contributed by atoms with Crippen LogP contribution in [0.2, 0.25) is 0 Å². The number of nitrogens with zero attached hydrogens (tertiary/aromatic N) is 5. The molecule has 0 aliphatic carbocycles. The van der Waals surface area contributed by atoms with Crippen molar-refractivity contribution in [2.75, 3.05) is 44.3 Å². The number of ether oxygens (including phenoxy) is 1. The summed E-state index contributed by atoms with van der Waals surface area (Å²) in [6.07, 6.45) is 4.42. The first-order chi connectivity index (χ1) is 13.2. The molecule has 0 saturated carbocycles. The summed E-state index contributed by atoms with van der Waals surface area (Å²) in [6.45, 7) is 4.11. The summed E-state index contributed by atoms with van der Waals surface area (Å²) in [5.41, 5.74) is 0.514. The fourth-order valence-corrected chi connectivity index (χ4v) is 3.92. The van der Waals surface area contributed by atoms with E-state index in [-0.39, 0.29) is 17.1 Å². The molecule has 1 aromatic carbocycles. The number of fused-ring (bicyclic) bond motifs is 1. The molecule has 0 N–H and O–H groups in total. The largest absolute Gasteiger partial charge is 0.379 e. The van der Waals surface area contributed by atoms with Gasteiger partial charge in [0.1, 0.15) is 17.0 Å². The van der Waals surface area contributed by atoms with E-state index in [4.69, 9.17) is 4.74 Å². The second-order valence-electron chi connectivity index (χ2n) is 6.08. The highest BCUT2D eigenvalue weighted by Crippen LogP contribution is 2.30. The molecule has 0 radical (unpaired) electrons. The van der Waals surface area contributed by atoms with Crippen LogP contribution >= 0.6 is 11.3 Å². The SMILES string of the molecule is O=C(c1cnccn1)N(CCN1CCOCC1)c1nc2c(F)cccc2s1. The molecule has 1 amide bonds. The summed E-state index contributed by atoms with van der Waals surface area (Å²) in [7, 11) is 0. The van der Waals surface area contributed by atoms with Crippen LogP contribution in [0.15, 0.2) is 36.8 Å². The van der Waals surface area contributed by atoms with Crippen molar-refractivity contribution in [3.8, 4) is 0 Å². The lowest BCUT2D eigenvalue weighted by Gasteiger charge is -2.29. The van der Waals surface area contributed by atoms with Crippen molar-refractivity contribution in [1.29, 1.82) is 0 Å². The Kier molecular flexibility index (Phi) is 5.33. The molecule has 3 heterocycles. The second kappa shape index (κ2) is 8.03. The molecule has 0 spiro atoms. The molecule has 0 atom stereocenters. The molecule has 140 valence electrons. The van der Waals surface area contributed by atoms with E-state index in [0.29, 0.717) is 36.1 Å². The van der Waals surface area contributed by atoms with E-state index in [9.17, 15) is 9.18 Å². The normalized spacial score (nSPS) is 15.1. The lowest BCUT2D eigenvalue weighted by atomic mass is 10.3. The molecule has 4 rings (SSSR count). The van der Waals surface area contributed by atoms with Gasteiger partial charge >= 0.3 is 0 Å². The molecular formula is C18H18FN5O2S. The lowest BCUT2D eigenvalue weighted by Crippen LogP contribution is -2.43. The third-order valence-corrected chi connectivity index (χ3v) is 5.40. The molecule has 3 aromatic rings. The highest BCUT2D eigenvalue weighted by molar-refractivity contribution is 7.22. The number of amides is 1. The summed E-state index contributed by atoms with van der Waals surface area (Å²) < 4.78 is 20.1. The molecule has 9 heteroatoms. The number of anilines is 1. The van der Waals surface area contributed by atoms with E-state index in [1.165, 1.54) is 36.0 Å². The number of hydrogen-bond donors (Lipinski definition) is 0. The van der Waals surface area contributed by atoms with Crippen LogP contribution in [-0.2, 0) is 4.74 Å². The van der Waals surface area contributed by atoms with Crippen LogP contribution in [-0.4, -0.2) is 65.2 Å². The van der Waals surface area contributed by atoms with Crippen LogP contribution in [0.5, 0.6) is 0 Å². The van der Waals surface area contributed by atoms with Gasteiger partial charge in [0, 0.05) is 38.6 Å². The highest BCUT2D eigenvalue weighted by atomic mass is 32.1. The summed E-state index contributed by atoms with van der Waals surface area (Å²) in [5, 5.41) is 0.457. The zero-order chi connectivity index (χ0) is 18.6. The number of rotatable bonds is 5. The van der Waals surface area contributed by atoms with Gasteiger partial charge in [-0.15, -0.1) is 0 Å². The first-order valence-corrected chi connectivity index (χ1v) is 9.47. The Morgan fingerprint density at radius 1 is 1.30 bits per heavy atom. The summed E-state index contributed by atoms with van der Waals surface area (Å²) in [6, 6.07) is 4.81. The number of morpholine rings is 1. The fraction of sp³-hybridized carbons (Fsp3) is 0.333. The average Bonchev–Trinajstić information content (AvgIpc) is 3.15. The number of thiazole rings is 1. The van der Waals surface area contributed by atoms with Gasteiger partial charge in [-0.3, -0.25) is 19.6 Å². The van der Waals surface area contributed by atoms with Crippen LogP contribution in [0.4, 0.5) is 9.52 Å². The quantitative estimate of drug-likeness (QED) is 0.668. The maximum atomic E-state index is 14.1.